The largest absolute Gasteiger partial charge is 0.371 e. The van der Waals surface area contributed by atoms with Crippen LogP contribution in [0, 0.1) is 0 Å². The Kier molecular flexibility index (Phi) is 3.87. The van der Waals surface area contributed by atoms with Crippen LogP contribution in [0.15, 0.2) is 17.0 Å². The molecule has 0 aromatic heterocycles. The van der Waals surface area contributed by atoms with Crippen LogP contribution in [-0.2, 0) is 19.0 Å². The number of benzene rings is 1. The van der Waals surface area contributed by atoms with Crippen molar-refractivity contribution in [3.05, 3.63) is 27.2 Å². The summed E-state index contributed by atoms with van der Waals surface area (Å²) in [6.07, 6.45) is -0.161. The molecule has 4 nitrogen and oxygen atoms in total. The summed E-state index contributed by atoms with van der Waals surface area (Å²) < 4.78 is 33.2. The fraction of sp³-hybridized carbons (Fsp3) is 0.333. The lowest BCUT2D eigenvalue weighted by atomic mass is 10.4. The van der Waals surface area contributed by atoms with E-state index in [1.165, 1.54) is 12.1 Å². The highest BCUT2D eigenvalue weighted by molar-refractivity contribution is 7.86. The summed E-state index contributed by atoms with van der Waals surface area (Å²) in [4.78, 5) is -0.200. The lowest BCUT2D eigenvalue weighted by molar-refractivity contribution is 0.266. The van der Waals surface area contributed by atoms with E-state index in [2.05, 4.69) is 0 Å². The first-order valence-corrected chi connectivity index (χ1v) is 7.10. The SMILES string of the molecule is O=S(=O)(OCC1CO1)c1ccc(Cl)c(Cl)c1Cl. The second-order valence-corrected chi connectivity index (χ2v) is 6.11. The van der Waals surface area contributed by atoms with E-state index in [4.69, 9.17) is 43.7 Å². The van der Waals surface area contributed by atoms with Gasteiger partial charge in [0.2, 0.25) is 0 Å². The van der Waals surface area contributed by atoms with Crippen LogP contribution in [0.3, 0.4) is 0 Å². The molecule has 1 fully saturated rings. The van der Waals surface area contributed by atoms with Crippen molar-refractivity contribution in [2.45, 2.75) is 11.0 Å². The average Bonchev–Trinajstić information content (AvgIpc) is 3.07. The highest BCUT2D eigenvalue weighted by Crippen LogP contribution is 2.35. The zero-order valence-corrected chi connectivity index (χ0v) is 11.4. The van der Waals surface area contributed by atoms with Gasteiger partial charge in [0.05, 0.1) is 28.3 Å². The molecule has 0 bridgehead atoms. The second kappa shape index (κ2) is 4.91. The predicted molar refractivity (Wildman–Crippen MR) is 64.3 cm³/mol. The van der Waals surface area contributed by atoms with E-state index in [9.17, 15) is 8.42 Å². The molecule has 17 heavy (non-hydrogen) atoms. The van der Waals surface area contributed by atoms with Gasteiger partial charge >= 0.3 is 0 Å². The van der Waals surface area contributed by atoms with E-state index < -0.39 is 10.1 Å². The van der Waals surface area contributed by atoms with Crippen LogP contribution >= 0.6 is 34.8 Å². The molecule has 0 saturated carbocycles. The molecule has 0 radical (unpaired) electrons. The van der Waals surface area contributed by atoms with E-state index >= 15 is 0 Å². The first-order chi connectivity index (χ1) is 7.92. The summed E-state index contributed by atoms with van der Waals surface area (Å²) in [5, 5.41) is 0.0257. The molecule has 0 amide bonds. The van der Waals surface area contributed by atoms with Gasteiger partial charge in [-0.2, -0.15) is 8.42 Å². The average molecular weight is 318 g/mol. The van der Waals surface area contributed by atoms with Crippen molar-refractivity contribution >= 4 is 44.9 Å². The maximum atomic E-state index is 11.8. The van der Waals surface area contributed by atoms with Gasteiger partial charge in [-0.3, -0.25) is 4.18 Å². The summed E-state index contributed by atoms with van der Waals surface area (Å²) in [5.74, 6) is 0. The third-order valence-electron chi connectivity index (χ3n) is 2.08. The minimum atomic E-state index is -3.94. The molecule has 0 N–H and O–H groups in total. The summed E-state index contributed by atoms with van der Waals surface area (Å²) >= 11 is 17.3. The number of epoxide rings is 1. The summed E-state index contributed by atoms with van der Waals surface area (Å²) in [7, 11) is -3.94. The van der Waals surface area contributed by atoms with Gasteiger partial charge < -0.3 is 4.74 Å². The topological polar surface area (TPSA) is 55.9 Å². The molecule has 1 saturated heterocycles. The summed E-state index contributed by atoms with van der Waals surface area (Å²) in [6, 6.07) is 2.60. The molecule has 1 aromatic carbocycles. The zero-order valence-electron chi connectivity index (χ0n) is 8.32. The molecule has 0 aliphatic carbocycles. The van der Waals surface area contributed by atoms with Crippen molar-refractivity contribution in [2.24, 2.45) is 0 Å². The highest BCUT2D eigenvalue weighted by atomic mass is 35.5. The molecular weight excluding hydrogens is 311 g/mol. The Morgan fingerprint density at radius 3 is 2.53 bits per heavy atom. The quantitative estimate of drug-likeness (QED) is 0.487. The van der Waals surface area contributed by atoms with Crippen LogP contribution < -0.4 is 0 Å². The highest BCUT2D eigenvalue weighted by Gasteiger charge is 2.28. The van der Waals surface area contributed by atoms with Gasteiger partial charge in [-0.15, -0.1) is 0 Å². The summed E-state index contributed by atoms with van der Waals surface area (Å²) in [6.45, 7) is 0.476. The molecule has 1 heterocycles. The predicted octanol–water partition coefficient (Wildman–Crippen LogP) is 2.75. The van der Waals surface area contributed by atoms with Crippen LogP contribution in [0.25, 0.3) is 0 Å². The molecule has 94 valence electrons. The molecule has 8 heteroatoms. The smallest absolute Gasteiger partial charge is 0.298 e. The molecule has 1 unspecified atom stereocenters. The Balaban J connectivity index is 2.28. The van der Waals surface area contributed by atoms with E-state index in [0.717, 1.165) is 0 Å². The molecule has 1 atom stereocenters. The second-order valence-electron chi connectivity index (χ2n) is 3.37. The minimum Gasteiger partial charge on any atom is -0.371 e. The van der Waals surface area contributed by atoms with Gasteiger partial charge in [-0.1, -0.05) is 34.8 Å². The lowest BCUT2D eigenvalue weighted by Gasteiger charge is -2.08. The van der Waals surface area contributed by atoms with Gasteiger partial charge in [0.15, 0.2) is 0 Å². The van der Waals surface area contributed by atoms with Gasteiger partial charge in [0.25, 0.3) is 10.1 Å². The van der Waals surface area contributed by atoms with Gasteiger partial charge in [-0.25, -0.2) is 0 Å². The number of halogens is 3. The van der Waals surface area contributed by atoms with Crippen LogP contribution in [0.4, 0.5) is 0 Å². The van der Waals surface area contributed by atoms with Crippen molar-refractivity contribution in [3.8, 4) is 0 Å². The van der Waals surface area contributed by atoms with Gasteiger partial charge in [-0.05, 0) is 12.1 Å². The van der Waals surface area contributed by atoms with Crippen LogP contribution in [-0.4, -0.2) is 27.7 Å². The fourth-order valence-corrected chi connectivity index (χ4v) is 2.98. The van der Waals surface area contributed by atoms with Crippen LogP contribution in [0.1, 0.15) is 0 Å². The van der Waals surface area contributed by atoms with E-state index in [0.29, 0.717) is 6.61 Å². The number of hydrogen-bond acceptors (Lipinski definition) is 4. The Bertz CT molecular complexity index is 539. The first kappa shape index (κ1) is 13.4. The van der Waals surface area contributed by atoms with Crippen molar-refractivity contribution < 1.29 is 17.3 Å². The van der Waals surface area contributed by atoms with Crippen molar-refractivity contribution in [1.29, 1.82) is 0 Å². The van der Waals surface area contributed by atoms with Crippen molar-refractivity contribution in [1.82, 2.24) is 0 Å². The maximum Gasteiger partial charge on any atom is 0.298 e. The summed E-state index contributed by atoms with van der Waals surface area (Å²) in [5.41, 5.74) is 0. The Labute approximate surface area is 113 Å². The molecule has 1 aromatic rings. The van der Waals surface area contributed by atoms with E-state index in [-0.39, 0.29) is 32.7 Å². The third-order valence-corrected chi connectivity index (χ3v) is 4.81. The Hall–Kier alpha value is -0.0400. The number of ether oxygens (including phenoxy) is 1. The zero-order chi connectivity index (χ0) is 12.6. The lowest BCUT2D eigenvalue weighted by Crippen LogP contribution is -2.11. The third kappa shape index (κ3) is 3.05. The van der Waals surface area contributed by atoms with Crippen molar-refractivity contribution in [3.63, 3.8) is 0 Å². The Morgan fingerprint density at radius 2 is 1.94 bits per heavy atom. The van der Waals surface area contributed by atoms with Gasteiger partial charge in [0, 0.05) is 0 Å². The molecule has 1 aliphatic heterocycles. The molecule has 1 aliphatic rings. The minimum absolute atomic E-state index is 0.0133. The van der Waals surface area contributed by atoms with E-state index in [1.807, 2.05) is 0 Å². The Morgan fingerprint density at radius 1 is 1.29 bits per heavy atom. The number of hydrogen-bond donors (Lipinski definition) is 0. The maximum absolute atomic E-state index is 11.8. The fourth-order valence-electron chi connectivity index (χ4n) is 1.09. The number of rotatable bonds is 4. The molecule has 0 spiro atoms. The molecule has 2 rings (SSSR count). The normalized spacial score (nSPS) is 19.4. The van der Waals surface area contributed by atoms with Gasteiger partial charge in [0.1, 0.15) is 11.0 Å². The van der Waals surface area contributed by atoms with Crippen LogP contribution in [0.2, 0.25) is 15.1 Å². The molecular formula is C9H7Cl3O4S. The standard InChI is InChI=1S/C9H7Cl3O4S/c10-6-1-2-7(9(12)8(6)11)17(13,14)16-4-5-3-15-5/h1-2,5H,3-4H2. The van der Waals surface area contributed by atoms with Crippen LogP contribution in [0.5, 0.6) is 0 Å². The van der Waals surface area contributed by atoms with Crippen molar-refractivity contribution in [2.75, 3.05) is 13.2 Å². The first-order valence-electron chi connectivity index (χ1n) is 4.56. The monoisotopic (exact) mass is 316 g/mol. The van der Waals surface area contributed by atoms with E-state index in [1.54, 1.807) is 0 Å².